The number of ketones is 1. The van der Waals surface area contributed by atoms with Crippen LogP contribution in [0, 0.1) is 0 Å². The summed E-state index contributed by atoms with van der Waals surface area (Å²) in [6.45, 7) is 0. The number of H-pyrrole nitrogens is 1. The molecule has 0 spiro atoms. The van der Waals surface area contributed by atoms with E-state index in [2.05, 4.69) is 26.9 Å². The van der Waals surface area contributed by atoms with Gasteiger partial charge in [0.1, 0.15) is 11.9 Å². The van der Waals surface area contributed by atoms with Crippen molar-refractivity contribution >= 4 is 34.0 Å². The lowest BCUT2D eigenvalue weighted by molar-refractivity contribution is -0.116. The third-order valence-electron chi connectivity index (χ3n) is 2.92. The molecule has 1 saturated heterocycles. The molecule has 1 fully saturated rings. The minimum atomic E-state index is -0.643. The zero-order valence-electron chi connectivity index (χ0n) is 10.2. The minimum absolute atomic E-state index is 0.141. The first-order chi connectivity index (χ1) is 9.63. The summed E-state index contributed by atoms with van der Waals surface area (Å²) < 4.78 is 0. The summed E-state index contributed by atoms with van der Waals surface area (Å²) in [5.74, 6) is -0.463. The number of halogens is 1. The molecule has 2 heterocycles. The number of aliphatic hydroxyl groups excluding tert-OH is 1. The van der Waals surface area contributed by atoms with Crippen LogP contribution in [0.15, 0.2) is 30.3 Å². The van der Waals surface area contributed by atoms with Crippen molar-refractivity contribution in [2.45, 2.75) is 6.17 Å². The van der Waals surface area contributed by atoms with Gasteiger partial charge in [-0.15, -0.1) is 0 Å². The minimum Gasteiger partial charge on any atom is -0.506 e. The highest BCUT2D eigenvalue weighted by Gasteiger charge is 2.20. The third-order valence-corrected chi connectivity index (χ3v) is 3.15. The summed E-state index contributed by atoms with van der Waals surface area (Å²) in [6.07, 6.45) is 0.502. The Bertz CT molecular complexity index is 690. The molecule has 0 radical (unpaired) electrons. The van der Waals surface area contributed by atoms with Crippen molar-refractivity contribution in [2.24, 2.45) is 0 Å². The van der Waals surface area contributed by atoms with Gasteiger partial charge in [0.15, 0.2) is 5.78 Å². The highest BCUT2D eigenvalue weighted by atomic mass is 35.5. The van der Waals surface area contributed by atoms with Crippen LogP contribution in [0.5, 0.6) is 0 Å². The van der Waals surface area contributed by atoms with E-state index in [0.717, 1.165) is 17.0 Å². The van der Waals surface area contributed by atoms with Crippen LogP contribution in [0.2, 0.25) is 5.02 Å². The molecular weight excluding hydrogens is 282 g/mol. The molecule has 0 unspecified atom stereocenters. The number of carbonyl (C=O) groups excluding carboxylic acids is 1. The van der Waals surface area contributed by atoms with Gasteiger partial charge in [-0.1, -0.05) is 11.6 Å². The van der Waals surface area contributed by atoms with Gasteiger partial charge in [-0.05, 0) is 24.3 Å². The number of hydrogen-bond acceptors (Lipinski definition) is 6. The van der Waals surface area contributed by atoms with E-state index >= 15 is 0 Å². The van der Waals surface area contributed by atoms with Crippen molar-refractivity contribution in [3.63, 3.8) is 0 Å². The molecule has 0 amide bonds. The predicted octanol–water partition coefficient (Wildman–Crippen LogP) is 0.732. The Morgan fingerprint density at radius 3 is 2.75 bits per heavy atom. The molecule has 104 valence electrons. The Balaban J connectivity index is 1.87. The van der Waals surface area contributed by atoms with Gasteiger partial charge in [-0.2, -0.15) is 11.1 Å². The summed E-state index contributed by atoms with van der Waals surface area (Å²) in [5.41, 5.74) is 11.6. The zero-order chi connectivity index (χ0) is 14.1. The smallest absolute Gasteiger partial charge is 0.193 e. The van der Waals surface area contributed by atoms with Gasteiger partial charge in [0.25, 0.3) is 0 Å². The maximum absolute atomic E-state index is 11.8. The molecule has 0 saturated carbocycles. The summed E-state index contributed by atoms with van der Waals surface area (Å²) in [4.78, 5) is 14.8. The predicted molar refractivity (Wildman–Crippen MR) is 75.3 cm³/mol. The topological polar surface area (TPSA) is 101 Å². The van der Waals surface area contributed by atoms with Crippen molar-refractivity contribution in [2.75, 3.05) is 0 Å². The average Bonchev–Trinajstić information content (AvgIpc) is 3.07. The van der Waals surface area contributed by atoms with Crippen molar-refractivity contribution in [3.05, 3.63) is 41.1 Å². The summed E-state index contributed by atoms with van der Waals surface area (Å²) in [6, 6.07) is 7.07. The first kappa shape index (κ1) is 13.1. The van der Waals surface area contributed by atoms with E-state index in [9.17, 15) is 9.90 Å². The molecule has 1 aromatic heterocycles. The SMILES string of the molecule is O=C(/C=C(\O)c1cc2cc(Cl)ccc2[nH]1)C1NNNN1. The van der Waals surface area contributed by atoms with Crippen LogP contribution in [0.25, 0.3) is 16.7 Å². The molecular formula is C12H12ClN5O2. The lowest BCUT2D eigenvalue weighted by Crippen LogP contribution is -2.40. The molecule has 1 aliphatic rings. The molecule has 7 nitrogen and oxygen atoms in total. The van der Waals surface area contributed by atoms with Crippen LogP contribution in [-0.2, 0) is 4.79 Å². The quantitative estimate of drug-likeness (QED) is 0.369. The molecule has 0 atom stereocenters. The summed E-state index contributed by atoms with van der Waals surface area (Å²) in [7, 11) is 0. The Hall–Kier alpha value is -1.90. The van der Waals surface area contributed by atoms with Crippen LogP contribution in [-0.4, -0.2) is 22.0 Å². The zero-order valence-corrected chi connectivity index (χ0v) is 11.0. The van der Waals surface area contributed by atoms with E-state index in [-0.39, 0.29) is 11.5 Å². The maximum atomic E-state index is 11.8. The third kappa shape index (κ3) is 2.53. The fourth-order valence-corrected chi connectivity index (χ4v) is 2.11. The number of nitrogens with one attached hydrogen (secondary N) is 5. The van der Waals surface area contributed by atoms with Crippen LogP contribution < -0.4 is 21.9 Å². The number of benzene rings is 1. The average molecular weight is 294 g/mol. The standard InChI is InChI=1S/C12H12ClN5O2/c13-7-1-2-8-6(3-7)4-9(14-8)10(19)5-11(20)12-15-17-18-16-12/h1-5,12,14-19H/b10-5-. The second-order valence-electron chi connectivity index (χ2n) is 4.32. The van der Waals surface area contributed by atoms with E-state index in [4.69, 9.17) is 11.6 Å². The van der Waals surface area contributed by atoms with E-state index in [1.165, 1.54) is 0 Å². The van der Waals surface area contributed by atoms with E-state index in [1.807, 2.05) is 6.07 Å². The molecule has 0 aliphatic carbocycles. The van der Waals surface area contributed by atoms with Crippen molar-refractivity contribution in [1.82, 2.24) is 26.9 Å². The van der Waals surface area contributed by atoms with Gasteiger partial charge in [0.05, 0.1) is 5.69 Å². The maximum Gasteiger partial charge on any atom is 0.193 e. The largest absolute Gasteiger partial charge is 0.506 e. The number of hydrogen-bond donors (Lipinski definition) is 6. The van der Waals surface area contributed by atoms with Crippen LogP contribution in [0.3, 0.4) is 0 Å². The first-order valence-electron chi connectivity index (χ1n) is 5.88. The van der Waals surface area contributed by atoms with Crippen LogP contribution in [0.1, 0.15) is 5.69 Å². The van der Waals surface area contributed by atoms with Gasteiger partial charge in [-0.3, -0.25) is 4.79 Å². The highest BCUT2D eigenvalue weighted by molar-refractivity contribution is 6.31. The Labute approximate surface area is 118 Å². The summed E-state index contributed by atoms with van der Waals surface area (Å²) >= 11 is 5.90. The van der Waals surface area contributed by atoms with E-state index in [1.54, 1.807) is 18.2 Å². The normalized spacial score (nSPS) is 16.9. The van der Waals surface area contributed by atoms with Gasteiger partial charge in [-0.25, -0.2) is 10.9 Å². The molecule has 8 heteroatoms. The Kier molecular flexibility index (Phi) is 3.43. The van der Waals surface area contributed by atoms with E-state index in [0.29, 0.717) is 10.7 Å². The highest BCUT2D eigenvalue weighted by Crippen LogP contribution is 2.22. The lowest BCUT2D eigenvalue weighted by Gasteiger charge is -2.03. The number of hydrazine groups is 3. The number of aromatic amines is 1. The van der Waals surface area contributed by atoms with E-state index < -0.39 is 6.17 Å². The second kappa shape index (κ2) is 5.23. The van der Waals surface area contributed by atoms with Gasteiger partial charge in [0.2, 0.25) is 0 Å². The van der Waals surface area contributed by atoms with Gasteiger partial charge < -0.3 is 10.1 Å². The number of carbonyl (C=O) groups is 1. The molecule has 20 heavy (non-hydrogen) atoms. The van der Waals surface area contributed by atoms with Gasteiger partial charge in [0, 0.05) is 22.0 Å². The molecule has 1 aromatic carbocycles. The number of aliphatic hydroxyl groups is 1. The van der Waals surface area contributed by atoms with Crippen molar-refractivity contribution in [3.8, 4) is 0 Å². The Morgan fingerprint density at radius 2 is 2.00 bits per heavy atom. The van der Waals surface area contributed by atoms with Gasteiger partial charge >= 0.3 is 0 Å². The molecule has 0 bridgehead atoms. The second-order valence-corrected chi connectivity index (χ2v) is 4.75. The fraction of sp³-hybridized carbons (Fsp3) is 0.0833. The van der Waals surface area contributed by atoms with Crippen molar-refractivity contribution < 1.29 is 9.90 Å². The van der Waals surface area contributed by atoms with Crippen LogP contribution >= 0.6 is 11.6 Å². The Morgan fingerprint density at radius 1 is 1.25 bits per heavy atom. The van der Waals surface area contributed by atoms with Crippen molar-refractivity contribution in [1.29, 1.82) is 0 Å². The molecule has 1 aliphatic heterocycles. The monoisotopic (exact) mass is 293 g/mol. The first-order valence-corrected chi connectivity index (χ1v) is 6.25. The molecule has 2 aromatic rings. The molecule has 3 rings (SSSR count). The molecule has 6 N–H and O–H groups in total. The summed E-state index contributed by atoms with van der Waals surface area (Å²) in [5, 5.41) is 11.5. The van der Waals surface area contributed by atoms with Crippen LogP contribution in [0.4, 0.5) is 0 Å². The fourth-order valence-electron chi connectivity index (χ4n) is 1.93. The number of fused-ring (bicyclic) bond motifs is 1. The lowest BCUT2D eigenvalue weighted by atomic mass is 10.2. The number of rotatable bonds is 3. The number of aromatic nitrogens is 1.